The molecule has 0 bridgehead atoms. The Hall–Kier alpha value is -1.61. The Labute approximate surface area is 151 Å². The van der Waals surface area contributed by atoms with Gasteiger partial charge in [-0.05, 0) is 19.3 Å². The molecule has 0 aliphatic rings. The van der Waals surface area contributed by atoms with Gasteiger partial charge in [0.25, 0.3) is 0 Å². The molecule has 0 amide bonds. The molecule has 0 radical (unpaired) electrons. The first-order valence-electron chi connectivity index (χ1n) is 7.85. The quantitative estimate of drug-likeness (QED) is 0.442. The topological polar surface area (TPSA) is 59.9 Å². The summed E-state index contributed by atoms with van der Waals surface area (Å²) in [6.07, 6.45) is -1.74. The number of halogens is 3. The number of unbranched alkanes of at least 4 members (excludes halogenated alkanes) is 2. The molecule has 2 rings (SSSR count). The minimum atomic E-state index is -4.77. The molecule has 25 heavy (non-hydrogen) atoms. The average Bonchev–Trinajstić information content (AvgIpc) is 3.21. The number of thiazole rings is 2. The van der Waals surface area contributed by atoms with Gasteiger partial charge in [0.2, 0.25) is 5.78 Å². The van der Waals surface area contributed by atoms with Crippen molar-refractivity contribution >= 4 is 34.2 Å². The molecule has 0 aromatic carbocycles. The standard InChI is InChI=1S/C16H17F3N2O2S2/c1-2-11-13(21-15(25-11)14-20-8-9-24-14)10(22)6-4-3-5-7-12(23)16(17,18)19/h8-9H,2-7H2,1H3. The molecule has 0 saturated heterocycles. The maximum atomic E-state index is 12.3. The van der Waals surface area contributed by atoms with Crippen LogP contribution in [0.15, 0.2) is 11.6 Å². The van der Waals surface area contributed by atoms with Crippen molar-refractivity contribution in [1.82, 2.24) is 9.97 Å². The van der Waals surface area contributed by atoms with E-state index in [1.807, 2.05) is 12.3 Å². The second-order valence-electron chi connectivity index (χ2n) is 5.39. The summed E-state index contributed by atoms with van der Waals surface area (Å²) in [5.74, 6) is -1.82. The molecule has 4 nitrogen and oxygen atoms in total. The number of ketones is 2. The lowest BCUT2D eigenvalue weighted by molar-refractivity contribution is -0.171. The first-order chi connectivity index (χ1) is 11.8. The number of aromatic nitrogens is 2. The van der Waals surface area contributed by atoms with Gasteiger partial charge in [-0.25, -0.2) is 9.97 Å². The van der Waals surface area contributed by atoms with Gasteiger partial charge in [-0.1, -0.05) is 13.3 Å². The van der Waals surface area contributed by atoms with E-state index in [0.29, 0.717) is 30.0 Å². The summed E-state index contributed by atoms with van der Waals surface area (Å²) in [6, 6.07) is 0. The van der Waals surface area contributed by atoms with E-state index >= 15 is 0 Å². The van der Waals surface area contributed by atoms with Crippen molar-refractivity contribution < 1.29 is 22.8 Å². The summed E-state index contributed by atoms with van der Waals surface area (Å²) >= 11 is 2.89. The molecule has 0 spiro atoms. The lowest BCUT2D eigenvalue weighted by Gasteiger charge is -2.04. The van der Waals surface area contributed by atoms with Gasteiger partial charge in [-0.2, -0.15) is 13.2 Å². The Morgan fingerprint density at radius 3 is 2.44 bits per heavy atom. The summed E-state index contributed by atoms with van der Waals surface area (Å²) < 4.78 is 36.3. The number of rotatable bonds is 9. The van der Waals surface area contributed by atoms with Crippen LogP contribution in [0.4, 0.5) is 13.2 Å². The highest BCUT2D eigenvalue weighted by atomic mass is 32.1. The van der Waals surface area contributed by atoms with E-state index < -0.39 is 18.4 Å². The van der Waals surface area contributed by atoms with Crippen molar-refractivity contribution in [1.29, 1.82) is 0 Å². The van der Waals surface area contributed by atoms with Gasteiger partial charge in [-0.15, -0.1) is 22.7 Å². The summed E-state index contributed by atoms with van der Waals surface area (Å²) in [5, 5.41) is 3.32. The van der Waals surface area contributed by atoms with Gasteiger partial charge in [-0.3, -0.25) is 9.59 Å². The Balaban J connectivity index is 1.86. The lowest BCUT2D eigenvalue weighted by atomic mass is 10.1. The molecule has 0 saturated carbocycles. The maximum absolute atomic E-state index is 12.3. The zero-order valence-electron chi connectivity index (χ0n) is 13.6. The number of alkyl halides is 3. The Morgan fingerprint density at radius 2 is 1.84 bits per heavy atom. The van der Waals surface area contributed by atoms with Gasteiger partial charge in [0.05, 0.1) is 0 Å². The number of hydrogen-bond donors (Lipinski definition) is 0. The van der Waals surface area contributed by atoms with Crippen LogP contribution in [0.3, 0.4) is 0 Å². The molecule has 0 fully saturated rings. The molecule has 9 heteroatoms. The third kappa shape index (κ3) is 5.43. The second kappa shape index (κ2) is 8.66. The lowest BCUT2D eigenvalue weighted by Crippen LogP contribution is -2.22. The molecule has 2 heterocycles. The molecule has 0 atom stereocenters. The zero-order valence-corrected chi connectivity index (χ0v) is 15.2. The van der Waals surface area contributed by atoms with Crippen LogP contribution in [-0.2, 0) is 11.2 Å². The number of hydrogen-bond acceptors (Lipinski definition) is 6. The van der Waals surface area contributed by atoms with Crippen LogP contribution in [0.2, 0.25) is 0 Å². The first kappa shape index (κ1) is 19.7. The van der Waals surface area contributed by atoms with Crippen LogP contribution in [0.5, 0.6) is 0 Å². The normalized spacial score (nSPS) is 11.7. The molecule has 0 unspecified atom stereocenters. The van der Waals surface area contributed by atoms with Gasteiger partial charge >= 0.3 is 6.18 Å². The van der Waals surface area contributed by atoms with E-state index in [2.05, 4.69) is 9.97 Å². The fourth-order valence-electron chi connectivity index (χ4n) is 2.24. The van der Waals surface area contributed by atoms with Crippen molar-refractivity contribution in [3.8, 4) is 10.0 Å². The highest BCUT2D eigenvalue weighted by Gasteiger charge is 2.37. The third-order valence-corrected chi connectivity index (χ3v) is 5.64. The van der Waals surface area contributed by atoms with Crippen LogP contribution in [0, 0.1) is 0 Å². The van der Waals surface area contributed by atoms with E-state index in [1.165, 1.54) is 22.7 Å². The monoisotopic (exact) mass is 390 g/mol. The SMILES string of the molecule is CCc1sc(-c2nccs2)nc1C(=O)CCCCCC(=O)C(F)(F)F. The molecule has 0 aliphatic heterocycles. The van der Waals surface area contributed by atoms with Crippen molar-refractivity contribution in [2.75, 3.05) is 0 Å². The Morgan fingerprint density at radius 1 is 1.12 bits per heavy atom. The number of aryl methyl sites for hydroxylation is 1. The number of carbonyl (C=O) groups is 2. The van der Waals surface area contributed by atoms with Crippen molar-refractivity contribution in [2.45, 2.75) is 51.6 Å². The number of nitrogens with zero attached hydrogens (tertiary/aromatic N) is 2. The fraction of sp³-hybridized carbons (Fsp3) is 0.500. The predicted molar refractivity (Wildman–Crippen MR) is 91.1 cm³/mol. The van der Waals surface area contributed by atoms with E-state index in [-0.39, 0.29) is 18.6 Å². The molecule has 2 aromatic heterocycles. The summed E-state index contributed by atoms with van der Waals surface area (Å²) in [5.41, 5.74) is 0.434. The van der Waals surface area contributed by atoms with Crippen LogP contribution in [0.1, 0.15) is 54.4 Å². The zero-order chi connectivity index (χ0) is 18.4. The van der Waals surface area contributed by atoms with E-state index in [0.717, 1.165) is 9.88 Å². The van der Waals surface area contributed by atoms with Gasteiger partial charge in [0.15, 0.2) is 15.8 Å². The van der Waals surface area contributed by atoms with Crippen LogP contribution in [0.25, 0.3) is 10.0 Å². The third-order valence-electron chi connectivity index (χ3n) is 3.52. The Kier molecular flexibility index (Phi) is 6.83. The smallest absolute Gasteiger partial charge is 0.292 e. The van der Waals surface area contributed by atoms with Gasteiger partial charge in [0, 0.05) is 29.3 Å². The minimum absolute atomic E-state index is 0.113. The summed E-state index contributed by atoms with van der Waals surface area (Å²) in [4.78, 5) is 32.6. The van der Waals surface area contributed by atoms with E-state index in [9.17, 15) is 22.8 Å². The van der Waals surface area contributed by atoms with E-state index in [4.69, 9.17) is 0 Å². The molecular weight excluding hydrogens is 373 g/mol. The largest absolute Gasteiger partial charge is 0.449 e. The molecule has 0 aliphatic carbocycles. The van der Waals surface area contributed by atoms with Crippen LogP contribution in [-0.4, -0.2) is 27.7 Å². The molecule has 136 valence electrons. The second-order valence-corrected chi connectivity index (χ2v) is 7.36. The average molecular weight is 390 g/mol. The van der Waals surface area contributed by atoms with Crippen LogP contribution < -0.4 is 0 Å². The van der Waals surface area contributed by atoms with Gasteiger partial charge in [0.1, 0.15) is 5.69 Å². The Bertz CT molecular complexity index is 724. The van der Waals surface area contributed by atoms with E-state index in [1.54, 1.807) is 6.20 Å². The molecule has 0 N–H and O–H groups in total. The van der Waals surface area contributed by atoms with Crippen molar-refractivity contribution in [3.05, 3.63) is 22.1 Å². The highest BCUT2D eigenvalue weighted by molar-refractivity contribution is 7.20. The van der Waals surface area contributed by atoms with Crippen molar-refractivity contribution in [3.63, 3.8) is 0 Å². The number of Topliss-reactive ketones (excluding diaryl/α,β-unsaturated/α-hetero) is 2. The van der Waals surface area contributed by atoms with Gasteiger partial charge < -0.3 is 0 Å². The summed E-state index contributed by atoms with van der Waals surface area (Å²) in [7, 11) is 0. The van der Waals surface area contributed by atoms with Crippen molar-refractivity contribution in [2.24, 2.45) is 0 Å². The molecular formula is C16H17F3N2O2S2. The minimum Gasteiger partial charge on any atom is -0.292 e. The maximum Gasteiger partial charge on any atom is 0.449 e. The summed E-state index contributed by atoms with van der Waals surface area (Å²) in [6.45, 7) is 1.94. The predicted octanol–water partition coefficient (Wildman–Crippen LogP) is 5.09. The highest BCUT2D eigenvalue weighted by Crippen LogP contribution is 2.30. The fourth-order valence-corrected chi connectivity index (χ4v) is 3.94. The van der Waals surface area contributed by atoms with Crippen LogP contribution >= 0.6 is 22.7 Å². The number of carbonyl (C=O) groups excluding carboxylic acids is 2. The first-order valence-corrected chi connectivity index (χ1v) is 9.55. The molecule has 2 aromatic rings.